The van der Waals surface area contributed by atoms with Crippen LogP contribution in [-0.2, 0) is 11.2 Å². The Morgan fingerprint density at radius 2 is 1.50 bits per heavy atom. The van der Waals surface area contributed by atoms with Crippen LogP contribution in [0.25, 0.3) is 11.3 Å². The number of unbranched alkanes of at least 4 members (excludes halogenated alkanes) is 6. The molecular weight excluding hydrogens is 394 g/mol. The van der Waals surface area contributed by atoms with Crippen LogP contribution in [0.3, 0.4) is 0 Å². The van der Waals surface area contributed by atoms with E-state index in [1.807, 2.05) is 12.3 Å². The first-order valence-corrected chi connectivity index (χ1v) is 12.7. The van der Waals surface area contributed by atoms with Gasteiger partial charge in [-0.1, -0.05) is 63.1 Å². The zero-order valence-corrected chi connectivity index (χ0v) is 20.4. The molecule has 2 rings (SSSR count). The Morgan fingerprint density at radius 3 is 2.25 bits per heavy atom. The van der Waals surface area contributed by atoms with Gasteiger partial charge in [0.2, 0.25) is 0 Å². The third-order valence-electron chi connectivity index (χ3n) is 5.49. The van der Waals surface area contributed by atoms with Gasteiger partial charge in [-0.15, -0.1) is 0 Å². The van der Waals surface area contributed by atoms with Crippen molar-refractivity contribution in [1.82, 2.24) is 4.98 Å². The van der Waals surface area contributed by atoms with Crippen LogP contribution in [0.2, 0.25) is 0 Å². The molecule has 3 nitrogen and oxygen atoms in total. The standard InChI is InChI=1S/C29H43NO2/c1-3-5-6-7-8-9-10-14-24-32-28-20-21-29(30-25-28)27-18-16-26(17-19-27)15-12-11-13-23-31-22-4-2/h6-7,16-21,25H,3-5,8-15,22-24H2,1-2H3. The summed E-state index contributed by atoms with van der Waals surface area (Å²) in [6, 6.07) is 12.9. The van der Waals surface area contributed by atoms with Gasteiger partial charge < -0.3 is 9.47 Å². The Balaban J connectivity index is 1.62. The zero-order valence-electron chi connectivity index (χ0n) is 20.4. The number of aromatic nitrogens is 1. The number of hydrogen-bond acceptors (Lipinski definition) is 3. The van der Waals surface area contributed by atoms with Crippen molar-refractivity contribution in [2.45, 2.75) is 84.5 Å². The molecule has 32 heavy (non-hydrogen) atoms. The fourth-order valence-corrected chi connectivity index (χ4v) is 3.57. The number of benzene rings is 1. The van der Waals surface area contributed by atoms with Crippen LogP contribution >= 0.6 is 0 Å². The lowest BCUT2D eigenvalue weighted by molar-refractivity contribution is 0.130. The Hall–Kier alpha value is -2.13. The molecule has 1 aromatic heterocycles. The van der Waals surface area contributed by atoms with E-state index >= 15 is 0 Å². The number of hydrogen-bond donors (Lipinski definition) is 0. The number of allylic oxidation sites excluding steroid dienone is 2. The van der Waals surface area contributed by atoms with Crippen LogP contribution in [0.15, 0.2) is 54.7 Å². The van der Waals surface area contributed by atoms with Gasteiger partial charge >= 0.3 is 0 Å². The number of aryl methyl sites for hydroxylation is 1. The minimum absolute atomic E-state index is 0.763. The normalized spacial score (nSPS) is 11.3. The molecule has 2 aromatic rings. The quantitative estimate of drug-likeness (QED) is 0.174. The second-order valence-electron chi connectivity index (χ2n) is 8.46. The summed E-state index contributed by atoms with van der Waals surface area (Å²) >= 11 is 0. The van der Waals surface area contributed by atoms with Crippen molar-refractivity contribution in [1.29, 1.82) is 0 Å². The Labute approximate surface area is 196 Å². The maximum atomic E-state index is 5.86. The molecule has 0 spiro atoms. The molecule has 0 N–H and O–H groups in total. The van der Waals surface area contributed by atoms with E-state index in [1.165, 1.54) is 50.5 Å². The fraction of sp³-hybridized carbons (Fsp3) is 0.552. The lowest BCUT2D eigenvalue weighted by Gasteiger charge is -2.08. The summed E-state index contributed by atoms with van der Waals surface area (Å²) in [6.07, 6.45) is 19.4. The van der Waals surface area contributed by atoms with Gasteiger partial charge in [-0.25, -0.2) is 0 Å². The Kier molecular flexibility index (Phi) is 14.2. The molecule has 0 aliphatic carbocycles. The van der Waals surface area contributed by atoms with Crippen LogP contribution in [0.1, 0.15) is 83.6 Å². The van der Waals surface area contributed by atoms with Gasteiger partial charge in [0.25, 0.3) is 0 Å². The minimum atomic E-state index is 0.763. The van der Waals surface area contributed by atoms with Gasteiger partial charge in [0.05, 0.1) is 18.5 Å². The molecule has 176 valence electrons. The Morgan fingerprint density at radius 1 is 0.719 bits per heavy atom. The third-order valence-corrected chi connectivity index (χ3v) is 5.49. The van der Waals surface area contributed by atoms with Crippen LogP contribution < -0.4 is 4.74 Å². The second-order valence-corrected chi connectivity index (χ2v) is 8.46. The number of pyridine rings is 1. The van der Waals surface area contributed by atoms with Crippen LogP contribution in [0, 0.1) is 0 Å². The number of nitrogens with zero attached hydrogens (tertiary/aromatic N) is 1. The van der Waals surface area contributed by atoms with Crippen molar-refractivity contribution in [3.8, 4) is 17.0 Å². The van der Waals surface area contributed by atoms with Crippen molar-refractivity contribution < 1.29 is 9.47 Å². The van der Waals surface area contributed by atoms with Gasteiger partial charge in [-0.3, -0.25) is 4.98 Å². The third kappa shape index (κ3) is 11.5. The highest BCUT2D eigenvalue weighted by Gasteiger charge is 2.02. The molecule has 3 heteroatoms. The van der Waals surface area contributed by atoms with Crippen molar-refractivity contribution >= 4 is 0 Å². The maximum Gasteiger partial charge on any atom is 0.137 e. The van der Waals surface area contributed by atoms with Crippen LogP contribution in [0.5, 0.6) is 5.75 Å². The van der Waals surface area contributed by atoms with Crippen molar-refractivity contribution in [2.75, 3.05) is 19.8 Å². The molecule has 0 unspecified atom stereocenters. The van der Waals surface area contributed by atoms with E-state index < -0.39 is 0 Å². The molecular formula is C29H43NO2. The molecule has 0 fully saturated rings. The number of rotatable bonds is 18. The van der Waals surface area contributed by atoms with E-state index in [-0.39, 0.29) is 0 Å². The van der Waals surface area contributed by atoms with Gasteiger partial charge in [-0.2, -0.15) is 0 Å². The summed E-state index contributed by atoms with van der Waals surface area (Å²) in [5.74, 6) is 0.858. The zero-order chi connectivity index (χ0) is 22.7. The predicted molar refractivity (Wildman–Crippen MR) is 136 cm³/mol. The highest BCUT2D eigenvalue weighted by Crippen LogP contribution is 2.21. The predicted octanol–water partition coefficient (Wildman–Crippen LogP) is 8.18. The van der Waals surface area contributed by atoms with E-state index in [2.05, 4.69) is 61.3 Å². The van der Waals surface area contributed by atoms with Gasteiger partial charge in [-0.05, 0) is 75.5 Å². The highest BCUT2D eigenvalue weighted by molar-refractivity contribution is 5.59. The van der Waals surface area contributed by atoms with Crippen molar-refractivity contribution in [3.05, 3.63) is 60.3 Å². The van der Waals surface area contributed by atoms with E-state index in [4.69, 9.17) is 9.47 Å². The summed E-state index contributed by atoms with van der Waals surface area (Å²) in [7, 11) is 0. The van der Waals surface area contributed by atoms with E-state index in [9.17, 15) is 0 Å². The van der Waals surface area contributed by atoms with E-state index in [1.54, 1.807) is 0 Å². The fourth-order valence-electron chi connectivity index (χ4n) is 3.57. The lowest BCUT2D eigenvalue weighted by atomic mass is 10.0. The largest absolute Gasteiger partial charge is 0.492 e. The summed E-state index contributed by atoms with van der Waals surface area (Å²) in [4.78, 5) is 4.60. The SMILES string of the molecule is CCCC=CCCCCCOc1ccc(-c2ccc(CCCCCOCCC)cc2)nc1. The monoisotopic (exact) mass is 437 g/mol. The lowest BCUT2D eigenvalue weighted by Crippen LogP contribution is -1.98. The Bertz CT molecular complexity index is 722. The summed E-state index contributed by atoms with van der Waals surface area (Å²) in [5.41, 5.74) is 3.55. The summed E-state index contributed by atoms with van der Waals surface area (Å²) in [6.45, 7) is 6.92. The average Bonchev–Trinajstić information content (AvgIpc) is 2.83. The van der Waals surface area contributed by atoms with Crippen molar-refractivity contribution in [2.24, 2.45) is 0 Å². The van der Waals surface area contributed by atoms with Crippen LogP contribution in [-0.4, -0.2) is 24.8 Å². The summed E-state index contributed by atoms with van der Waals surface area (Å²) in [5, 5.41) is 0. The first-order valence-electron chi connectivity index (χ1n) is 12.7. The molecule has 1 aromatic carbocycles. The molecule has 0 bridgehead atoms. The van der Waals surface area contributed by atoms with Gasteiger partial charge in [0.15, 0.2) is 0 Å². The first kappa shape index (κ1) is 26.1. The highest BCUT2D eigenvalue weighted by atomic mass is 16.5. The number of ether oxygens (including phenoxy) is 2. The molecule has 0 atom stereocenters. The molecule has 0 radical (unpaired) electrons. The summed E-state index contributed by atoms with van der Waals surface area (Å²) < 4.78 is 11.4. The second kappa shape index (κ2) is 17.4. The average molecular weight is 438 g/mol. The van der Waals surface area contributed by atoms with E-state index in [0.717, 1.165) is 62.5 Å². The molecule has 0 saturated heterocycles. The van der Waals surface area contributed by atoms with Gasteiger partial charge in [0, 0.05) is 18.8 Å². The minimum Gasteiger partial charge on any atom is -0.492 e. The molecule has 0 aliphatic heterocycles. The van der Waals surface area contributed by atoms with Gasteiger partial charge in [0.1, 0.15) is 5.75 Å². The first-order chi connectivity index (χ1) is 15.8. The topological polar surface area (TPSA) is 31.4 Å². The van der Waals surface area contributed by atoms with Crippen LogP contribution in [0.4, 0.5) is 0 Å². The van der Waals surface area contributed by atoms with E-state index in [0.29, 0.717) is 0 Å². The smallest absolute Gasteiger partial charge is 0.137 e. The molecule has 0 saturated carbocycles. The maximum absolute atomic E-state index is 5.86. The molecule has 0 amide bonds. The molecule has 0 aliphatic rings. The van der Waals surface area contributed by atoms with Crippen molar-refractivity contribution in [3.63, 3.8) is 0 Å². The molecule has 1 heterocycles.